The number of rotatable bonds is 8. The number of benzene rings is 2. The highest BCUT2D eigenvalue weighted by atomic mass is 16.5. The monoisotopic (exact) mass is 329 g/mol. The van der Waals surface area contributed by atoms with Crippen LogP contribution in [0.25, 0.3) is 0 Å². The predicted octanol–water partition coefficient (Wildman–Crippen LogP) is 3.88. The third-order valence-corrected chi connectivity index (χ3v) is 3.35. The summed E-state index contributed by atoms with van der Waals surface area (Å²) < 4.78 is 16.1. The topological polar surface area (TPSA) is 56.8 Å². The Bertz CT molecular complexity index is 668. The summed E-state index contributed by atoms with van der Waals surface area (Å²) in [7, 11) is 1.61. The number of hydrogen-bond donors (Lipinski definition) is 1. The SMILES string of the molecule is CCOc1ccc(NC(=O)c2ccc(OCC)c(COC)c2)cc1. The molecule has 0 saturated carbocycles. The van der Waals surface area contributed by atoms with Gasteiger partial charge in [-0.15, -0.1) is 0 Å². The van der Waals surface area contributed by atoms with E-state index in [0.29, 0.717) is 31.1 Å². The van der Waals surface area contributed by atoms with Crippen molar-refractivity contribution in [1.29, 1.82) is 0 Å². The van der Waals surface area contributed by atoms with Crippen LogP contribution in [0.4, 0.5) is 5.69 Å². The quantitative estimate of drug-likeness (QED) is 0.798. The van der Waals surface area contributed by atoms with Gasteiger partial charge in [0.15, 0.2) is 0 Å². The van der Waals surface area contributed by atoms with E-state index in [9.17, 15) is 4.79 Å². The van der Waals surface area contributed by atoms with Gasteiger partial charge in [0.05, 0.1) is 19.8 Å². The van der Waals surface area contributed by atoms with Crippen LogP contribution in [-0.4, -0.2) is 26.2 Å². The van der Waals surface area contributed by atoms with Crippen molar-refractivity contribution >= 4 is 11.6 Å². The largest absolute Gasteiger partial charge is 0.494 e. The van der Waals surface area contributed by atoms with Crippen molar-refractivity contribution in [1.82, 2.24) is 0 Å². The minimum absolute atomic E-state index is 0.181. The number of amides is 1. The molecule has 5 heteroatoms. The van der Waals surface area contributed by atoms with Gasteiger partial charge < -0.3 is 19.5 Å². The number of methoxy groups -OCH3 is 1. The third kappa shape index (κ3) is 4.73. The Morgan fingerprint density at radius 2 is 1.71 bits per heavy atom. The van der Waals surface area contributed by atoms with E-state index in [1.807, 2.05) is 38.1 Å². The second kappa shape index (κ2) is 8.93. The van der Waals surface area contributed by atoms with Gasteiger partial charge in [-0.3, -0.25) is 4.79 Å². The number of carbonyl (C=O) groups excluding carboxylic acids is 1. The summed E-state index contributed by atoms with van der Waals surface area (Å²) >= 11 is 0. The van der Waals surface area contributed by atoms with Crippen LogP contribution in [0.15, 0.2) is 42.5 Å². The van der Waals surface area contributed by atoms with Crippen LogP contribution in [0.3, 0.4) is 0 Å². The second-order valence-electron chi connectivity index (χ2n) is 5.10. The summed E-state index contributed by atoms with van der Waals surface area (Å²) in [6.07, 6.45) is 0. The summed E-state index contributed by atoms with van der Waals surface area (Å²) in [6.45, 7) is 5.41. The molecule has 0 heterocycles. The molecule has 0 atom stereocenters. The van der Waals surface area contributed by atoms with Crippen molar-refractivity contribution in [3.63, 3.8) is 0 Å². The first-order valence-electron chi connectivity index (χ1n) is 7.96. The van der Waals surface area contributed by atoms with Crippen LogP contribution in [0.5, 0.6) is 11.5 Å². The van der Waals surface area contributed by atoms with Gasteiger partial charge in [-0.2, -0.15) is 0 Å². The van der Waals surface area contributed by atoms with Gasteiger partial charge >= 0.3 is 0 Å². The Kier molecular flexibility index (Phi) is 6.63. The first-order valence-corrected chi connectivity index (χ1v) is 7.96. The summed E-state index contributed by atoms with van der Waals surface area (Å²) in [4.78, 5) is 12.4. The average Bonchev–Trinajstić information content (AvgIpc) is 2.59. The molecule has 0 saturated heterocycles. The van der Waals surface area contributed by atoms with Crippen LogP contribution in [0, 0.1) is 0 Å². The van der Waals surface area contributed by atoms with Crippen molar-refractivity contribution in [3.05, 3.63) is 53.6 Å². The van der Waals surface area contributed by atoms with Crippen LogP contribution in [0.2, 0.25) is 0 Å². The molecule has 0 bridgehead atoms. The van der Waals surface area contributed by atoms with E-state index >= 15 is 0 Å². The molecule has 1 amide bonds. The molecular weight excluding hydrogens is 306 g/mol. The lowest BCUT2D eigenvalue weighted by atomic mass is 10.1. The summed E-state index contributed by atoms with van der Waals surface area (Å²) in [5, 5.41) is 2.87. The van der Waals surface area contributed by atoms with E-state index in [1.165, 1.54) is 0 Å². The maximum absolute atomic E-state index is 12.4. The maximum atomic E-state index is 12.4. The molecule has 24 heavy (non-hydrogen) atoms. The van der Waals surface area contributed by atoms with Crippen LogP contribution in [0.1, 0.15) is 29.8 Å². The van der Waals surface area contributed by atoms with Crippen molar-refractivity contribution in [2.24, 2.45) is 0 Å². The molecule has 2 aromatic carbocycles. The molecule has 1 N–H and O–H groups in total. The Hall–Kier alpha value is -2.53. The molecule has 128 valence electrons. The van der Waals surface area contributed by atoms with Crippen LogP contribution >= 0.6 is 0 Å². The van der Waals surface area contributed by atoms with Crippen molar-refractivity contribution in [3.8, 4) is 11.5 Å². The molecule has 0 unspecified atom stereocenters. The Balaban J connectivity index is 2.12. The zero-order valence-electron chi connectivity index (χ0n) is 14.3. The highest BCUT2D eigenvalue weighted by molar-refractivity contribution is 6.04. The third-order valence-electron chi connectivity index (χ3n) is 3.35. The Labute approximate surface area is 142 Å². The van der Waals surface area contributed by atoms with E-state index in [1.54, 1.807) is 25.3 Å². The average molecular weight is 329 g/mol. The molecular formula is C19H23NO4. The fourth-order valence-corrected chi connectivity index (χ4v) is 2.29. The maximum Gasteiger partial charge on any atom is 0.255 e. The second-order valence-corrected chi connectivity index (χ2v) is 5.10. The van der Waals surface area contributed by atoms with E-state index in [0.717, 1.165) is 17.1 Å². The van der Waals surface area contributed by atoms with Crippen molar-refractivity contribution in [2.75, 3.05) is 25.6 Å². The van der Waals surface area contributed by atoms with Gasteiger partial charge in [-0.1, -0.05) is 0 Å². The van der Waals surface area contributed by atoms with E-state index in [-0.39, 0.29) is 5.91 Å². The summed E-state index contributed by atoms with van der Waals surface area (Å²) in [5.74, 6) is 1.33. The van der Waals surface area contributed by atoms with E-state index in [4.69, 9.17) is 14.2 Å². The van der Waals surface area contributed by atoms with Gasteiger partial charge in [0.2, 0.25) is 0 Å². The minimum atomic E-state index is -0.181. The molecule has 0 aliphatic rings. The van der Waals surface area contributed by atoms with Crippen LogP contribution in [-0.2, 0) is 11.3 Å². The van der Waals surface area contributed by atoms with Crippen LogP contribution < -0.4 is 14.8 Å². The highest BCUT2D eigenvalue weighted by Crippen LogP contribution is 2.22. The van der Waals surface area contributed by atoms with E-state index < -0.39 is 0 Å². The number of carbonyl (C=O) groups is 1. The minimum Gasteiger partial charge on any atom is -0.494 e. The molecule has 2 rings (SSSR count). The van der Waals surface area contributed by atoms with Gasteiger partial charge in [-0.25, -0.2) is 0 Å². The van der Waals surface area contributed by atoms with Gasteiger partial charge in [0, 0.05) is 23.9 Å². The van der Waals surface area contributed by atoms with Gasteiger partial charge in [-0.05, 0) is 56.3 Å². The van der Waals surface area contributed by atoms with E-state index in [2.05, 4.69) is 5.32 Å². The summed E-state index contributed by atoms with van der Waals surface area (Å²) in [6, 6.07) is 12.6. The molecule has 0 radical (unpaired) electrons. The molecule has 5 nitrogen and oxygen atoms in total. The zero-order valence-corrected chi connectivity index (χ0v) is 14.3. The molecule has 0 aromatic heterocycles. The molecule has 0 fully saturated rings. The van der Waals surface area contributed by atoms with Gasteiger partial charge in [0.1, 0.15) is 11.5 Å². The molecule has 0 spiro atoms. The number of nitrogens with one attached hydrogen (secondary N) is 1. The zero-order chi connectivity index (χ0) is 17.4. The number of ether oxygens (including phenoxy) is 3. The smallest absolute Gasteiger partial charge is 0.255 e. The first kappa shape index (κ1) is 17.8. The highest BCUT2D eigenvalue weighted by Gasteiger charge is 2.11. The molecule has 0 aliphatic heterocycles. The molecule has 0 aliphatic carbocycles. The molecule has 2 aromatic rings. The Morgan fingerprint density at radius 1 is 1.00 bits per heavy atom. The van der Waals surface area contributed by atoms with Crippen molar-refractivity contribution in [2.45, 2.75) is 20.5 Å². The normalized spacial score (nSPS) is 10.3. The standard InChI is InChI=1S/C19H23NO4/c1-4-23-17-9-7-16(8-10-17)20-19(21)14-6-11-18(24-5-2)15(12-14)13-22-3/h6-12H,4-5,13H2,1-3H3,(H,20,21). The fraction of sp³-hybridized carbons (Fsp3) is 0.316. The summed E-state index contributed by atoms with van der Waals surface area (Å²) in [5.41, 5.74) is 2.11. The number of hydrogen-bond acceptors (Lipinski definition) is 4. The van der Waals surface area contributed by atoms with Gasteiger partial charge in [0.25, 0.3) is 5.91 Å². The predicted molar refractivity (Wildman–Crippen MR) is 93.9 cm³/mol. The fourth-order valence-electron chi connectivity index (χ4n) is 2.29. The number of anilines is 1. The first-order chi connectivity index (χ1) is 11.7. The lowest BCUT2D eigenvalue weighted by Gasteiger charge is -2.12. The lowest BCUT2D eigenvalue weighted by Crippen LogP contribution is -2.12. The van der Waals surface area contributed by atoms with Crippen molar-refractivity contribution < 1.29 is 19.0 Å². The Morgan fingerprint density at radius 3 is 2.33 bits per heavy atom. The lowest BCUT2D eigenvalue weighted by molar-refractivity contribution is 0.102.